The van der Waals surface area contributed by atoms with Crippen molar-refractivity contribution in [3.8, 4) is 11.8 Å². The quantitative estimate of drug-likeness (QED) is 0.421. The van der Waals surface area contributed by atoms with Crippen LogP contribution in [0.15, 0.2) is 30.9 Å². The smallest absolute Gasteiger partial charge is 0.395 e. The molecule has 1 unspecified atom stereocenters. The fraction of sp³-hybridized carbons (Fsp3) is 0.238. The second-order valence-electron chi connectivity index (χ2n) is 6.82. The van der Waals surface area contributed by atoms with E-state index in [9.17, 15) is 22.8 Å². The van der Waals surface area contributed by atoms with Crippen molar-refractivity contribution in [2.24, 2.45) is 0 Å². The maximum atomic E-state index is 13.0. The number of hydrogen-bond acceptors (Lipinski definition) is 8. The van der Waals surface area contributed by atoms with Gasteiger partial charge < -0.3 is 15.7 Å². The fourth-order valence-electron chi connectivity index (χ4n) is 2.59. The number of amides is 2. The number of carbonyl (C=O) groups is 2. The summed E-state index contributed by atoms with van der Waals surface area (Å²) in [6.07, 6.45) is -1.23. The molecular formula is C21H16ClF3N6O3S. The Bertz CT molecular complexity index is 1310. The van der Waals surface area contributed by atoms with Gasteiger partial charge in [-0.15, -0.1) is 11.3 Å². The van der Waals surface area contributed by atoms with Crippen LogP contribution >= 0.6 is 22.9 Å². The number of nitrogens with one attached hydrogen (secondary N) is 2. The Morgan fingerprint density at radius 3 is 2.66 bits per heavy atom. The van der Waals surface area contributed by atoms with E-state index in [1.54, 1.807) is 6.92 Å². The van der Waals surface area contributed by atoms with Gasteiger partial charge in [0.1, 0.15) is 33.4 Å². The van der Waals surface area contributed by atoms with Gasteiger partial charge in [0.2, 0.25) is 0 Å². The van der Waals surface area contributed by atoms with E-state index in [1.165, 1.54) is 18.6 Å². The van der Waals surface area contributed by atoms with Gasteiger partial charge in [-0.25, -0.2) is 19.9 Å². The Kier molecular flexibility index (Phi) is 8.34. The summed E-state index contributed by atoms with van der Waals surface area (Å²) in [5.74, 6) is 3.81. The van der Waals surface area contributed by atoms with Gasteiger partial charge in [0, 0.05) is 18.7 Å². The minimum Gasteiger partial charge on any atom is -0.395 e. The third-order valence-electron chi connectivity index (χ3n) is 4.22. The molecule has 0 spiro atoms. The molecule has 3 heterocycles. The first-order valence-electron chi connectivity index (χ1n) is 9.81. The lowest BCUT2D eigenvalue weighted by atomic mass is 10.2. The third-order valence-corrected chi connectivity index (χ3v) is 5.70. The maximum absolute atomic E-state index is 13.0. The molecule has 0 aromatic carbocycles. The number of nitrogens with zero attached hydrogens (tertiary/aromatic N) is 4. The van der Waals surface area contributed by atoms with Crippen LogP contribution in [0.3, 0.4) is 0 Å². The number of aromatic nitrogens is 4. The molecule has 0 aliphatic carbocycles. The van der Waals surface area contributed by atoms with Crippen molar-refractivity contribution in [1.82, 2.24) is 25.3 Å². The average Bonchev–Trinajstić information content (AvgIpc) is 3.31. The molecule has 9 nitrogen and oxygen atoms in total. The van der Waals surface area contributed by atoms with E-state index in [4.69, 9.17) is 16.7 Å². The average molecular weight is 525 g/mol. The molecule has 14 heteroatoms. The molecule has 0 fully saturated rings. The lowest BCUT2D eigenvalue weighted by Gasteiger charge is -2.11. The Labute approximate surface area is 205 Å². The molecule has 3 aromatic heterocycles. The summed E-state index contributed by atoms with van der Waals surface area (Å²) in [6.45, 7) is 1.54. The van der Waals surface area contributed by atoms with Crippen molar-refractivity contribution in [2.45, 2.75) is 25.6 Å². The van der Waals surface area contributed by atoms with Crippen LogP contribution in [0.5, 0.6) is 0 Å². The van der Waals surface area contributed by atoms with Gasteiger partial charge >= 0.3 is 6.18 Å². The SMILES string of the molecule is CC(NC(=O)c1cc(C#CCCO)ncn1)c1ncc(C(=O)Nc2cc(C(F)(F)F)c(Cl)cn2)s1. The number of thiazole rings is 1. The normalized spacial score (nSPS) is 11.8. The molecule has 0 saturated carbocycles. The number of rotatable bonds is 6. The Morgan fingerprint density at radius 2 is 1.94 bits per heavy atom. The highest BCUT2D eigenvalue weighted by molar-refractivity contribution is 7.13. The van der Waals surface area contributed by atoms with Crippen LogP contribution in [0.1, 0.15) is 55.8 Å². The summed E-state index contributed by atoms with van der Waals surface area (Å²) >= 11 is 6.48. The largest absolute Gasteiger partial charge is 0.418 e. The molecule has 3 rings (SSSR count). The van der Waals surface area contributed by atoms with Crippen molar-refractivity contribution in [2.75, 3.05) is 11.9 Å². The number of carbonyl (C=O) groups excluding carboxylic acids is 2. The van der Waals surface area contributed by atoms with E-state index in [1.807, 2.05) is 0 Å². The molecule has 0 bridgehead atoms. The molecule has 0 saturated heterocycles. The molecule has 1 atom stereocenters. The Balaban J connectivity index is 1.66. The maximum Gasteiger partial charge on any atom is 0.418 e. The fourth-order valence-corrected chi connectivity index (χ4v) is 3.61. The second kappa shape index (κ2) is 11.2. The molecule has 3 aromatic rings. The highest BCUT2D eigenvalue weighted by atomic mass is 35.5. The standard InChI is InChI=1S/C21H16ClF3N6O3S/c1-11(30-18(33)15-6-12(28-10-29-15)4-2-3-5-32)20-27-9-16(35-20)19(34)31-17-7-13(21(23,24)25)14(22)8-26-17/h6-11,32H,3,5H2,1H3,(H,30,33)(H,26,31,34). The summed E-state index contributed by atoms with van der Waals surface area (Å²) < 4.78 is 39.0. The number of pyridine rings is 1. The van der Waals surface area contributed by atoms with Crippen LogP contribution in [0.25, 0.3) is 0 Å². The summed E-state index contributed by atoms with van der Waals surface area (Å²) in [7, 11) is 0. The van der Waals surface area contributed by atoms with Gasteiger partial charge in [-0.2, -0.15) is 13.2 Å². The van der Waals surface area contributed by atoms with Gasteiger partial charge in [-0.05, 0) is 18.9 Å². The molecular weight excluding hydrogens is 509 g/mol. The molecule has 0 radical (unpaired) electrons. The van der Waals surface area contributed by atoms with Gasteiger partial charge in [-0.3, -0.25) is 9.59 Å². The Hall–Kier alpha value is -3.60. The second-order valence-corrected chi connectivity index (χ2v) is 8.29. The van der Waals surface area contributed by atoms with E-state index >= 15 is 0 Å². The minimum atomic E-state index is -4.71. The number of anilines is 1. The zero-order valence-electron chi connectivity index (χ0n) is 17.9. The molecule has 3 N–H and O–H groups in total. The van der Waals surface area contributed by atoms with Crippen LogP contribution in [0.4, 0.5) is 19.0 Å². The van der Waals surface area contributed by atoms with Gasteiger partial charge in [-0.1, -0.05) is 17.5 Å². The van der Waals surface area contributed by atoms with E-state index in [-0.39, 0.29) is 29.4 Å². The third kappa shape index (κ3) is 6.95. The summed E-state index contributed by atoms with van der Waals surface area (Å²) in [5.41, 5.74) is -0.758. The summed E-state index contributed by atoms with van der Waals surface area (Å²) in [4.78, 5) is 40.7. The predicted molar refractivity (Wildman–Crippen MR) is 121 cm³/mol. The zero-order valence-corrected chi connectivity index (χ0v) is 19.4. The van der Waals surface area contributed by atoms with Crippen LogP contribution in [-0.2, 0) is 6.18 Å². The number of hydrogen-bond donors (Lipinski definition) is 3. The first-order valence-corrected chi connectivity index (χ1v) is 11.0. The molecule has 182 valence electrons. The number of halogens is 4. The van der Waals surface area contributed by atoms with Gasteiger partial charge in [0.05, 0.1) is 29.4 Å². The van der Waals surface area contributed by atoms with Gasteiger partial charge in [0.25, 0.3) is 11.8 Å². The van der Waals surface area contributed by atoms with Crippen molar-refractivity contribution in [1.29, 1.82) is 0 Å². The van der Waals surface area contributed by atoms with E-state index in [2.05, 4.69) is 42.4 Å². The van der Waals surface area contributed by atoms with Gasteiger partial charge in [0.15, 0.2) is 0 Å². The molecule has 0 aliphatic heterocycles. The van der Waals surface area contributed by atoms with Crippen molar-refractivity contribution >= 4 is 40.6 Å². The van der Waals surface area contributed by atoms with Crippen LogP contribution in [0.2, 0.25) is 5.02 Å². The van der Waals surface area contributed by atoms with Crippen LogP contribution in [0, 0.1) is 11.8 Å². The first-order chi connectivity index (χ1) is 16.6. The first kappa shape index (κ1) is 26.0. The number of aliphatic hydroxyl groups excluding tert-OH is 1. The number of alkyl halides is 3. The Morgan fingerprint density at radius 1 is 1.17 bits per heavy atom. The number of aliphatic hydroxyl groups is 1. The van der Waals surface area contributed by atoms with E-state index in [0.717, 1.165) is 17.5 Å². The van der Waals surface area contributed by atoms with Crippen molar-refractivity contribution in [3.63, 3.8) is 0 Å². The topological polar surface area (TPSA) is 130 Å². The van der Waals surface area contributed by atoms with Crippen molar-refractivity contribution in [3.05, 3.63) is 62.7 Å². The zero-order chi connectivity index (χ0) is 25.6. The minimum absolute atomic E-state index is 0.0592. The van der Waals surface area contributed by atoms with Crippen LogP contribution < -0.4 is 10.6 Å². The lowest BCUT2D eigenvalue weighted by Crippen LogP contribution is -2.27. The van der Waals surface area contributed by atoms with Crippen molar-refractivity contribution < 1.29 is 27.9 Å². The molecule has 2 amide bonds. The van der Waals surface area contributed by atoms with Crippen LogP contribution in [-0.4, -0.2) is 43.5 Å². The monoisotopic (exact) mass is 524 g/mol. The van der Waals surface area contributed by atoms with E-state index < -0.39 is 34.6 Å². The molecule has 0 aliphatic rings. The highest BCUT2D eigenvalue weighted by Crippen LogP contribution is 2.35. The highest BCUT2D eigenvalue weighted by Gasteiger charge is 2.34. The summed E-state index contributed by atoms with van der Waals surface area (Å²) in [6, 6.07) is 1.41. The molecule has 35 heavy (non-hydrogen) atoms. The van der Waals surface area contributed by atoms with E-state index in [0.29, 0.717) is 16.8 Å². The lowest BCUT2D eigenvalue weighted by molar-refractivity contribution is -0.137. The summed E-state index contributed by atoms with van der Waals surface area (Å²) in [5, 5.41) is 13.5. The predicted octanol–water partition coefficient (Wildman–Crippen LogP) is 3.48.